The molecule has 8 heteroatoms. The Balaban J connectivity index is 1.47. The van der Waals surface area contributed by atoms with Gasteiger partial charge in [0.25, 0.3) is 11.4 Å². The molecule has 1 atom stereocenters. The molecule has 2 aromatic heterocycles. The average Bonchev–Trinajstić information content (AvgIpc) is 3.45. The van der Waals surface area contributed by atoms with Gasteiger partial charge in [0.15, 0.2) is 0 Å². The molecule has 1 saturated heterocycles. The molecule has 1 aliphatic heterocycles. The fraction of sp³-hybridized carbons (Fsp3) is 0.391. The number of benzene rings is 1. The number of carbonyl (C=O) groups excluding carboxylic acids is 1. The van der Waals surface area contributed by atoms with Crippen molar-refractivity contribution in [2.75, 3.05) is 13.7 Å². The zero-order chi connectivity index (χ0) is 21.8. The number of aromatic amines is 1. The van der Waals surface area contributed by atoms with Crippen LogP contribution in [0.5, 0.6) is 5.88 Å². The first kappa shape index (κ1) is 20.8. The highest BCUT2D eigenvalue weighted by Crippen LogP contribution is 2.30. The fourth-order valence-corrected chi connectivity index (χ4v) is 4.03. The molecule has 0 spiro atoms. The number of hydrogen-bond donors (Lipinski definition) is 1. The monoisotopic (exact) mass is 422 g/mol. The van der Waals surface area contributed by atoms with E-state index in [0.29, 0.717) is 54.5 Å². The first-order valence-corrected chi connectivity index (χ1v) is 10.5. The Morgan fingerprint density at radius 3 is 2.84 bits per heavy atom. The van der Waals surface area contributed by atoms with E-state index in [9.17, 15) is 9.59 Å². The molecule has 1 fully saturated rings. The first-order chi connectivity index (χ1) is 15.0. The highest BCUT2D eigenvalue weighted by atomic mass is 16.5. The summed E-state index contributed by atoms with van der Waals surface area (Å²) in [6.45, 7) is 2.51. The second-order valence-corrected chi connectivity index (χ2v) is 7.76. The summed E-state index contributed by atoms with van der Waals surface area (Å²) in [6, 6.07) is 11.3. The molecule has 3 heterocycles. The molecule has 1 aromatic carbocycles. The molecular weight excluding hydrogens is 396 g/mol. The molecule has 8 nitrogen and oxygen atoms in total. The molecule has 0 bridgehead atoms. The number of carbonyl (C=O) groups is 1. The third kappa shape index (κ3) is 4.68. The normalized spacial score (nSPS) is 15.9. The molecule has 3 aromatic rings. The number of aromatic nitrogens is 3. The summed E-state index contributed by atoms with van der Waals surface area (Å²) in [4.78, 5) is 35.1. The molecule has 162 valence electrons. The minimum atomic E-state index is -0.214. The second-order valence-electron chi connectivity index (χ2n) is 7.76. The molecule has 1 N–H and O–H groups in total. The summed E-state index contributed by atoms with van der Waals surface area (Å²) < 4.78 is 10.2. The SMILES string of the molecule is COc1cc(CCC(=O)N2CCCC2c2nc(C)c(Cc3ccccc3)c(=O)[nH]2)on1. The number of hydrogen-bond acceptors (Lipinski definition) is 6. The predicted octanol–water partition coefficient (Wildman–Crippen LogP) is 2.96. The Labute approximate surface area is 180 Å². The van der Waals surface area contributed by atoms with Gasteiger partial charge in [0.1, 0.15) is 11.6 Å². The maximum absolute atomic E-state index is 12.9. The van der Waals surface area contributed by atoms with Crippen LogP contribution >= 0.6 is 0 Å². The van der Waals surface area contributed by atoms with Gasteiger partial charge in [-0.25, -0.2) is 4.98 Å². The zero-order valence-electron chi connectivity index (χ0n) is 17.8. The number of rotatable bonds is 7. The maximum atomic E-state index is 12.9. The van der Waals surface area contributed by atoms with Gasteiger partial charge < -0.3 is 19.1 Å². The topological polar surface area (TPSA) is 101 Å². The average molecular weight is 422 g/mol. The largest absolute Gasteiger partial charge is 0.479 e. The van der Waals surface area contributed by atoms with E-state index < -0.39 is 0 Å². The van der Waals surface area contributed by atoms with Crippen LogP contribution in [0.1, 0.15) is 53.7 Å². The number of likely N-dealkylation sites (tertiary alicyclic amines) is 1. The van der Waals surface area contributed by atoms with Gasteiger partial charge in [0.05, 0.1) is 13.2 Å². The van der Waals surface area contributed by atoms with Gasteiger partial charge in [-0.15, -0.1) is 0 Å². The molecule has 1 amide bonds. The van der Waals surface area contributed by atoms with E-state index in [1.807, 2.05) is 42.2 Å². The van der Waals surface area contributed by atoms with Crippen molar-refractivity contribution in [3.05, 3.63) is 75.2 Å². The van der Waals surface area contributed by atoms with E-state index in [-0.39, 0.29) is 17.5 Å². The lowest BCUT2D eigenvalue weighted by molar-refractivity contribution is -0.132. The van der Waals surface area contributed by atoms with Gasteiger partial charge in [-0.1, -0.05) is 30.3 Å². The maximum Gasteiger partial charge on any atom is 0.254 e. The minimum absolute atomic E-state index is 0.00605. The van der Waals surface area contributed by atoms with Gasteiger partial charge in [-0.2, -0.15) is 0 Å². The van der Waals surface area contributed by atoms with Gasteiger partial charge >= 0.3 is 0 Å². The molecule has 0 saturated carbocycles. The van der Waals surface area contributed by atoms with Crippen molar-refractivity contribution in [2.45, 2.75) is 45.1 Å². The van der Waals surface area contributed by atoms with Crippen molar-refractivity contribution in [3.8, 4) is 5.88 Å². The van der Waals surface area contributed by atoms with Crippen LogP contribution in [0, 0.1) is 6.92 Å². The van der Waals surface area contributed by atoms with Gasteiger partial charge in [0, 0.05) is 43.1 Å². The van der Waals surface area contributed by atoms with Crippen molar-refractivity contribution in [2.24, 2.45) is 0 Å². The van der Waals surface area contributed by atoms with Crippen LogP contribution in [0.15, 0.2) is 45.7 Å². The lowest BCUT2D eigenvalue weighted by Gasteiger charge is -2.24. The van der Waals surface area contributed by atoms with E-state index in [1.165, 1.54) is 7.11 Å². The van der Waals surface area contributed by atoms with Crippen molar-refractivity contribution in [3.63, 3.8) is 0 Å². The van der Waals surface area contributed by atoms with Crippen LogP contribution in [0.4, 0.5) is 0 Å². The van der Waals surface area contributed by atoms with Gasteiger partial charge in [-0.3, -0.25) is 9.59 Å². The summed E-state index contributed by atoms with van der Waals surface area (Å²) >= 11 is 0. The van der Waals surface area contributed by atoms with Crippen molar-refractivity contribution < 1.29 is 14.1 Å². The quantitative estimate of drug-likeness (QED) is 0.628. The van der Waals surface area contributed by atoms with Crippen LogP contribution < -0.4 is 10.3 Å². The zero-order valence-corrected chi connectivity index (χ0v) is 17.8. The second kappa shape index (κ2) is 9.16. The van der Waals surface area contributed by atoms with E-state index >= 15 is 0 Å². The van der Waals surface area contributed by atoms with Gasteiger partial charge in [-0.05, 0) is 30.5 Å². The summed E-state index contributed by atoms with van der Waals surface area (Å²) in [7, 11) is 1.52. The Morgan fingerprint density at radius 1 is 1.32 bits per heavy atom. The minimum Gasteiger partial charge on any atom is -0.479 e. The number of amides is 1. The third-order valence-electron chi connectivity index (χ3n) is 5.68. The van der Waals surface area contributed by atoms with Crippen molar-refractivity contribution in [1.29, 1.82) is 0 Å². The first-order valence-electron chi connectivity index (χ1n) is 10.5. The van der Waals surface area contributed by atoms with Crippen LogP contribution in [0.3, 0.4) is 0 Å². The number of nitrogens with zero attached hydrogens (tertiary/aromatic N) is 3. The van der Waals surface area contributed by atoms with Crippen LogP contribution in [0.25, 0.3) is 0 Å². The molecule has 1 unspecified atom stereocenters. The third-order valence-corrected chi connectivity index (χ3v) is 5.68. The Bertz CT molecular complexity index is 1110. The van der Waals surface area contributed by atoms with Crippen LogP contribution in [-0.4, -0.2) is 39.6 Å². The van der Waals surface area contributed by atoms with E-state index in [1.54, 1.807) is 6.07 Å². The molecule has 0 radical (unpaired) electrons. The fourth-order valence-electron chi connectivity index (χ4n) is 4.03. The molecule has 31 heavy (non-hydrogen) atoms. The van der Waals surface area contributed by atoms with E-state index in [0.717, 1.165) is 18.4 Å². The van der Waals surface area contributed by atoms with Crippen LogP contribution in [-0.2, 0) is 17.6 Å². The molecule has 0 aliphatic carbocycles. The molecule has 4 rings (SSSR count). The predicted molar refractivity (Wildman–Crippen MR) is 114 cm³/mol. The summed E-state index contributed by atoms with van der Waals surface area (Å²) in [5.74, 6) is 1.57. The van der Waals surface area contributed by atoms with Crippen LogP contribution in [0.2, 0.25) is 0 Å². The number of nitrogens with one attached hydrogen (secondary N) is 1. The van der Waals surface area contributed by atoms with Crippen molar-refractivity contribution in [1.82, 2.24) is 20.0 Å². The Kier molecular flexibility index (Phi) is 6.16. The highest BCUT2D eigenvalue weighted by Gasteiger charge is 2.32. The number of aryl methyl sites for hydroxylation is 2. The summed E-state index contributed by atoms with van der Waals surface area (Å²) in [5, 5.41) is 3.76. The summed E-state index contributed by atoms with van der Waals surface area (Å²) in [5.41, 5.74) is 2.28. The van der Waals surface area contributed by atoms with E-state index in [2.05, 4.69) is 15.1 Å². The van der Waals surface area contributed by atoms with Crippen molar-refractivity contribution >= 4 is 5.91 Å². The van der Waals surface area contributed by atoms with E-state index in [4.69, 9.17) is 9.26 Å². The Morgan fingerprint density at radius 2 is 2.13 bits per heavy atom. The Hall–Kier alpha value is -3.42. The lowest BCUT2D eigenvalue weighted by atomic mass is 10.0. The smallest absolute Gasteiger partial charge is 0.254 e. The molecular formula is C23H26N4O4. The lowest BCUT2D eigenvalue weighted by Crippen LogP contribution is -2.33. The highest BCUT2D eigenvalue weighted by molar-refractivity contribution is 5.77. The molecule has 1 aliphatic rings. The number of ether oxygens (including phenoxy) is 1. The number of H-pyrrole nitrogens is 1. The van der Waals surface area contributed by atoms with Gasteiger partial charge in [0.2, 0.25) is 5.91 Å². The standard InChI is InChI=1S/C23H26N4O4/c1-15-18(13-16-7-4-3-5-8-16)23(29)25-22(24-15)19-9-6-12-27(19)21(28)11-10-17-14-20(30-2)26-31-17/h3-5,7-8,14,19H,6,9-13H2,1-2H3,(H,24,25,29). The number of methoxy groups -OCH3 is 1. The summed E-state index contributed by atoms with van der Waals surface area (Å²) in [6.07, 6.45) is 2.92.